The van der Waals surface area contributed by atoms with Crippen LogP contribution in [0.1, 0.15) is 34.1 Å². The van der Waals surface area contributed by atoms with Gasteiger partial charge in [-0.25, -0.2) is 0 Å². The molecule has 2 N–H and O–H groups in total. The van der Waals surface area contributed by atoms with E-state index in [0.717, 1.165) is 24.1 Å². The quantitative estimate of drug-likeness (QED) is 0.350. The van der Waals surface area contributed by atoms with Crippen molar-refractivity contribution in [2.24, 2.45) is 0 Å². The molecule has 0 saturated carbocycles. The lowest BCUT2D eigenvalue weighted by atomic mass is 10.2. The van der Waals surface area contributed by atoms with Gasteiger partial charge in [0.15, 0.2) is 0 Å². The van der Waals surface area contributed by atoms with Crippen LogP contribution in [0, 0.1) is 0 Å². The Bertz CT molecular complexity index is 521. The number of hydrogen-bond donors (Lipinski definition) is 1. The van der Waals surface area contributed by atoms with Crippen LogP contribution in [0.25, 0.3) is 0 Å². The van der Waals surface area contributed by atoms with Crippen molar-refractivity contribution < 1.29 is 0 Å². The molecule has 0 saturated heterocycles. The van der Waals surface area contributed by atoms with Gasteiger partial charge >= 0.3 is 0 Å². The summed E-state index contributed by atoms with van der Waals surface area (Å²) in [6.07, 6.45) is 12.1. The summed E-state index contributed by atoms with van der Waals surface area (Å²) in [6, 6.07) is 8.00. The summed E-state index contributed by atoms with van der Waals surface area (Å²) in [5, 5.41) is 2.53. The van der Waals surface area contributed by atoms with E-state index in [1.807, 2.05) is 18.2 Å². The van der Waals surface area contributed by atoms with Gasteiger partial charge in [-0.15, -0.1) is 0 Å². The fourth-order valence-corrected chi connectivity index (χ4v) is 2.29. The molecular formula is C21H32NP. The predicted octanol–water partition coefficient (Wildman–Crippen LogP) is 6.38. The molecule has 0 bridgehead atoms. The summed E-state index contributed by atoms with van der Waals surface area (Å²) in [6.45, 7) is 15.2. The first kappa shape index (κ1) is 23.4. The first-order valence-corrected chi connectivity index (χ1v) is 8.49. The molecule has 1 unspecified atom stereocenters. The fourth-order valence-electron chi connectivity index (χ4n) is 1.35. The van der Waals surface area contributed by atoms with Crippen molar-refractivity contribution >= 4 is 19.6 Å². The number of nitrogens with two attached hydrogens (primary N) is 1. The summed E-state index contributed by atoms with van der Waals surface area (Å²) in [5.74, 6) is 0. The van der Waals surface area contributed by atoms with Crippen LogP contribution >= 0.6 is 8.58 Å². The van der Waals surface area contributed by atoms with Crippen LogP contribution in [-0.4, -0.2) is 0 Å². The molecule has 1 rings (SSSR count). The fraction of sp³-hybridized carbons (Fsp3) is 0.238. The second-order valence-corrected chi connectivity index (χ2v) is 6.03. The third-order valence-electron chi connectivity index (χ3n) is 2.81. The number of hydrogen-bond acceptors (Lipinski definition) is 1. The minimum absolute atomic E-state index is 0. The maximum absolute atomic E-state index is 5.65. The van der Waals surface area contributed by atoms with Crippen molar-refractivity contribution in [3.8, 4) is 0 Å². The van der Waals surface area contributed by atoms with Crippen molar-refractivity contribution in [1.29, 1.82) is 0 Å². The SMILES string of the molecule is C.C=C/C(=C\C=C/CC)Pc1ccc(N)cc1.C=CC(=C)CC. The summed E-state index contributed by atoms with van der Waals surface area (Å²) < 4.78 is 0. The van der Waals surface area contributed by atoms with Gasteiger partial charge in [0.05, 0.1) is 0 Å². The lowest BCUT2D eigenvalue weighted by Gasteiger charge is -2.02. The van der Waals surface area contributed by atoms with Gasteiger partial charge in [-0.3, -0.25) is 0 Å². The van der Waals surface area contributed by atoms with E-state index >= 15 is 0 Å². The van der Waals surface area contributed by atoms with E-state index in [4.69, 9.17) is 5.73 Å². The van der Waals surface area contributed by atoms with Crippen LogP contribution < -0.4 is 11.0 Å². The van der Waals surface area contributed by atoms with Gasteiger partial charge in [0.1, 0.15) is 0 Å². The Morgan fingerprint density at radius 2 is 1.74 bits per heavy atom. The largest absolute Gasteiger partial charge is 0.399 e. The highest BCUT2D eigenvalue weighted by Crippen LogP contribution is 2.24. The topological polar surface area (TPSA) is 26.0 Å². The zero-order valence-electron chi connectivity index (χ0n) is 13.8. The Morgan fingerprint density at radius 3 is 2.13 bits per heavy atom. The van der Waals surface area contributed by atoms with Gasteiger partial charge in [0.2, 0.25) is 0 Å². The minimum atomic E-state index is 0. The van der Waals surface area contributed by atoms with Crippen molar-refractivity contribution in [1.82, 2.24) is 0 Å². The van der Waals surface area contributed by atoms with E-state index < -0.39 is 0 Å². The van der Waals surface area contributed by atoms with Gasteiger partial charge in [0.25, 0.3) is 0 Å². The molecule has 23 heavy (non-hydrogen) atoms. The van der Waals surface area contributed by atoms with E-state index in [-0.39, 0.29) is 7.43 Å². The van der Waals surface area contributed by atoms with Crippen LogP contribution in [0.2, 0.25) is 0 Å². The molecular weight excluding hydrogens is 297 g/mol. The Balaban J connectivity index is 0. The van der Waals surface area contributed by atoms with E-state index in [1.165, 1.54) is 10.6 Å². The first-order chi connectivity index (χ1) is 10.6. The van der Waals surface area contributed by atoms with Crippen molar-refractivity contribution in [2.75, 3.05) is 5.73 Å². The molecule has 0 aliphatic rings. The van der Waals surface area contributed by atoms with Gasteiger partial charge < -0.3 is 5.73 Å². The molecule has 0 heterocycles. The average molecular weight is 329 g/mol. The van der Waals surface area contributed by atoms with Crippen LogP contribution in [0.3, 0.4) is 0 Å². The second-order valence-electron chi connectivity index (χ2n) is 4.63. The lowest BCUT2D eigenvalue weighted by Crippen LogP contribution is -1.94. The number of allylic oxidation sites excluding steroid dienone is 7. The molecule has 0 aromatic heterocycles. The van der Waals surface area contributed by atoms with Gasteiger partial charge in [-0.05, 0) is 35.6 Å². The summed E-state index contributed by atoms with van der Waals surface area (Å²) in [5.41, 5.74) is 7.56. The Kier molecular flexibility index (Phi) is 15.3. The van der Waals surface area contributed by atoms with Crippen molar-refractivity contribution in [3.63, 3.8) is 0 Å². The van der Waals surface area contributed by atoms with Gasteiger partial charge in [0, 0.05) is 5.69 Å². The normalized spacial score (nSPS) is 10.8. The third kappa shape index (κ3) is 12.4. The molecule has 1 aromatic rings. The smallest absolute Gasteiger partial charge is 0.0314 e. The third-order valence-corrected chi connectivity index (χ3v) is 4.09. The lowest BCUT2D eigenvalue weighted by molar-refractivity contribution is 1.16. The molecule has 0 spiro atoms. The molecule has 1 aromatic carbocycles. The van der Waals surface area contributed by atoms with Crippen molar-refractivity contribution in [2.45, 2.75) is 34.1 Å². The number of rotatable bonds is 7. The van der Waals surface area contributed by atoms with E-state index in [0.29, 0.717) is 8.58 Å². The zero-order valence-corrected chi connectivity index (χ0v) is 14.8. The Labute approximate surface area is 145 Å². The maximum Gasteiger partial charge on any atom is 0.0314 e. The molecule has 1 nitrogen and oxygen atoms in total. The highest BCUT2D eigenvalue weighted by molar-refractivity contribution is 7.52. The van der Waals surface area contributed by atoms with Crippen LogP contribution in [-0.2, 0) is 0 Å². The standard InChI is InChI=1S/C14H18NP.C6H10.CH4/c1-3-5-6-7-13(4-2)16-14-10-8-12(15)9-11-14;1-4-6(3)5-2;/h4-11,16H,2-3,15H2,1H3;4H,1,3,5H2,2H3;1H4/b6-5-,13-7+;;. The van der Waals surface area contributed by atoms with Crippen molar-refractivity contribution in [3.05, 3.63) is 85.3 Å². The minimum Gasteiger partial charge on any atom is -0.399 e. The molecule has 126 valence electrons. The van der Waals surface area contributed by atoms with Gasteiger partial charge in [-0.2, -0.15) is 0 Å². The highest BCUT2D eigenvalue weighted by Gasteiger charge is 1.94. The molecule has 0 fully saturated rings. The van der Waals surface area contributed by atoms with Crippen LogP contribution in [0.15, 0.2) is 85.3 Å². The zero-order chi connectivity index (χ0) is 16.8. The first-order valence-electron chi connectivity index (χ1n) is 7.49. The second kappa shape index (κ2) is 15.1. The molecule has 0 radical (unpaired) electrons. The maximum atomic E-state index is 5.65. The average Bonchev–Trinajstić information content (AvgIpc) is 2.55. The molecule has 2 heteroatoms. The number of benzene rings is 1. The molecule has 0 aliphatic carbocycles. The predicted molar refractivity (Wildman–Crippen MR) is 113 cm³/mol. The van der Waals surface area contributed by atoms with Gasteiger partial charge in [-0.1, -0.05) is 97.7 Å². The van der Waals surface area contributed by atoms with E-state index in [9.17, 15) is 0 Å². The van der Waals surface area contributed by atoms with E-state index in [1.54, 1.807) is 6.08 Å². The monoisotopic (exact) mass is 329 g/mol. The summed E-state index contributed by atoms with van der Waals surface area (Å²) >= 11 is 0. The number of anilines is 1. The Hall–Kier alpha value is -1.85. The summed E-state index contributed by atoms with van der Waals surface area (Å²) in [4.78, 5) is 0. The van der Waals surface area contributed by atoms with E-state index in [2.05, 4.69) is 63.9 Å². The summed E-state index contributed by atoms with van der Waals surface area (Å²) in [7, 11) is 0.639. The Morgan fingerprint density at radius 1 is 1.13 bits per heavy atom. The highest BCUT2D eigenvalue weighted by atomic mass is 31.1. The van der Waals surface area contributed by atoms with Crippen LogP contribution in [0.4, 0.5) is 5.69 Å². The number of nitrogen functional groups attached to an aromatic ring is 1. The molecule has 0 amide bonds. The van der Waals surface area contributed by atoms with Crippen LogP contribution in [0.5, 0.6) is 0 Å². The molecule has 0 aliphatic heterocycles. The molecule has 1 atom stereocenters.